The molecule has 19 heavy (non-hydrogen) atoms. The van der Waals surface area contributed by atoms with Crippen LogP contribution in [-0.4, -0.2) is 5.11 Å². The lowest BCUT2D eigenvalue weighted by Gasteiger charge is -2.13. The summed E-state index contributed by atoms with van der Waals surface area (Å²) in [6.45, 7) is 0. The second kappa shape index (κ2) is 5.41. The lowest BCUT2D eigenvalue weighted by Crippen LogP contribution is -2.19. The first-order valence-electron chi connectivity index (χ1n) is 6.55. The normalized spacial score (nSPS) is 13.9. The highest BCUT2D eigenvalue weighted by molar-refractivity contribution is 7.80. The zero-order valence-electron chi connectivity index (χ0n) is 10.6. The van der Waals surface area contributed by atoms with E-state index in [1.54, 1.807) is 0 Å². The molecule has 0 atom stereocenters. The first kappa shape index (κ1) is 12.2. The van der Waals surface area contributed by atoms with Gasteiger partial charge in [0.15, 0.2) is 5.11 Å². The van der Waals surface area contributed by atoms with E-state index in [2.05, 4.69) is 28.8 Å². The van der Waals surface area contributed by atoms with Gasteiger partial charge in [0.1, 0.15) is 0 Å². The molecule has 1 fully saturated rings. The molecule has 1 aliphatic carbocycles. The van der Waals surface area contributed by atoms with E-state index in [9.17, 15) is 0 Å². The fraction of sp³-hybridized carbons (Fsp3) is 0.188. The summed E-state index contributed by atoms with van der Waals surface area (Å²) in [5, 5.41) is 7.14. The molecule has 2 N–H and O–H groups in total. The van der Waals surface area contributed by atoms with Crippen molar-refractivity contribution in [2.45, 2.75) is 18.8 Å². The Kier molecular flexibility index (Phi) is 3.47. The number of hydrogen-bond acceptors (Lipinski definition) is 1. The Hall–Kier alpha value is -1.87. The maximum Gasteiger partial charge on any atom is 0.175 e. The van der Waals surface area contributed by atoms with Crippen molar-refractivity contribution in [2.75, 3.05) is 10.6 Å². The van der Waals surface area contributed by atoms with Gasteiger partial charge in [0.2, 0.25) is 0 Å². The molecular weight excluding hydrogens is 252 g/mol. The largest absolute Gasteiger partial charge is 0.332 e. The van der Waals surface area contributed by atoms with Crippen LogP contribution in [0.3, 0.4) is 0 Å². The third-order valence-electron chi connectivity index (χ3n) is 3.26. The van der Waals surface area contributed by atoms with Crippen LogP contribution in [0, 0.1) is 0 Å². The molecule has 3 rings (SSSR count). The molecule has 0 aliphatic heterocycles. The fourth-order valence-electron chi connectivity index (χ4n) is 2.17. The van der Waals surface area contributed by atoms with Crippen molar-refractivity contribution >= 4 is 28.7 Å². The summed E-state index contributed by atoms with van der Waals surface area (Å²) in [6, 6.07) is 18.4. The van der Waals surface area contributed by atoms with Crippen LogP contribution < -0.4 is 10.6 Å². The van der Waals surface area contributed by atoms with Crippen LogP contribution in [0.2, 0.25) is 0 Å². The van der Waals surface area contributed by atoms with Crippen molar-refractivity contribution in [1.82, 2.24) is 0 Å². The van der Waals surface area contributed by atoms with E-state index in [1.807, 2.05) is 36.4 Å². The van der Waals surface area contributed by atoms with Gasteiger partial charge in [-0.3, -0.25) is 0 Å². The van der Waals surface area contributed by atoms with E-state index in [4.69, 9.17) is 12.2 Å². The summed E-state index contributed by atoms with van der Waals surface area (Å²) in [4.78, 5) is 0. The predicted molar refractivity (Wildman–Crippen MR) is 84.7 cm³/mol. The van der Waals surface area contributed by atoms with Gasteiger partial charge in [-0.15, -0.1) is 0 Å². The highest BCUT2D eigenvalue weighted by Crippen LogP contribution is 2.43. The smallest absolute Gasteiger partial charge is 0.175 e. The second-order valence-corrected chi connectivity index (χ2v) is 5.21. The third-order valence-corrected chi connectivity index (χ3v) is 3.46. The van der Waals surface area contributed by atoms with E-state index < -0.39 is 0 Å². The molecule has 0 heterocycles. The molecule has 0 spiro atoms. The molecule has 1 saturated carbocycles. The number of para-hydroxylation sites is 2. The van der Waals surface area contributed by atoms with Gasteiger partial charge >= 0.3 is 0 Å². The zero-order valence-corrected chi connectivity index (χ0v) is 11.4. The van der Waals surface area contributed by atoms with Gasteiger partial charge < -0.3 is 10.6 Å². The lowest BCUT2D eigenvalue weighted by atomic mass is 10.1. The fourth-order valence-corrected chi connectivity index (χ4v) is 2.40. The second-order valence-electron chi connectivity index (χ2n) is 4.81. The summed E-state index contributed by atoms with van der Waals surface area (Å²) < 4.78 is 0. The van der Waals surface area contributed by atoms with Crippen LogP contribution in [0.1, 0.15) is 24.3 Å². The lowest BCUT2D eigenvalue weighted by molar-refractivity contribution is 1.13. The summed E-state index contributed by atoms with van der Waals surface area (Å²) in [6.07, 6.45) is 2.58. The van der Waals surface area contributed by atoms with Crippen LogP contribution in [0.4, 0.5) is 11.4 Å². The molecule has 3 heteroatoms. The number of nitrogens with one attached hydrogen (secondary N) is 2. The Bertz CT molecular complexity index is 576. The van der Waals surface area contributed by atoms with E-state index in [0.717, 1.165) is 11.4 Å². The molecule has 0 bridgehead atoms. The van der Waals surface area contributed by atoms with E-state index in [1.165, 1.54) is 18.4 Å². The van der Waals surface area contributed by atoms with E-state index in [0.29, 0.717) is 11.0 Å². The molecular formula is C16H16N2S. The van der Waals surface area contributed by atoms with Gasteiger partial charge in [0.25, 0.3) is 0 Å². The van der Waals surface area contributed by atoms with Crippen LogP contribution in [0.5, 0.6) is 0 Å². The highest BCUT2D eigenvalue weighted by atomic mass is 32.1. The minimum absolute atomic E-state index is 0.638. The van der Waals surface area contributed by atoms with Crippen LogP contribution in [0.15, 0.2) is 54.6 Å². The van der Waals surface area contributed by atoms with Crippen molar-refractivity contribution in [3.8, 4) is 0 Å². The topological polar surface area (TPSA) is 24.1 Å². The van der Waals surface area contributed by atoms with E-state index in [-0.39, 0.29) is 0 Å². The van der Waals surface area contributed by atoms with Crippen molar-refractivity contribution in [3.05, 3.63) is 60.2 Å². The summed E-state index contributed by atoms with van der Waals surface area (Å²) in [5.41, 5.74) is 3.50. The Morgan fingerprint density at radius 2 is 1.58 bits per heavy atom. The van der Waals surface area contributed by atoms with Crippen molar-refractivity contribution in [1.29, 1.82) is 0 Å². The number of thiocarbonyl (C=S) groups is 1. The zero-order chi connectivity index (χ0) is 13.1. The van der Waals surface area contributed by atoms with Crippen molar-refractivity contribution in [3.63, 3.8) is 0 Å². The van der Waals surface area contributed by atoms with Gasteiger partial charge in [-0.25, -0.2) is 0 Å². The highest BCUT2D eigenvalue weighted by Gasteiger charge is 2.25. The Morgan fingerprint density at radius 3 is 2.32 bits per heavy atom. The molecule has 0 unspecified atom stereocenters. The van der Waals surface area contributed by atoms with Crippen LogP contribution in [0.25, 0.3) is 0 Å². The predicted octanol–water partition coefficient (Wildman–Crippen LogP) is 4.37. The molecule has 0 radical (unpaired) electrons. The summed E-state index contributed by atoms with van der Waals surface area (Å²) in [5.74, 6) is 0.711. The quantitative estimate of drug-likeness (QED) is 0.808. The van der Waals surface area contributed by atoms with Crippen molar-refractivity contribution < 1.29 is 0 Å². The third kappa shape index (κ3) is 3.12. The van der Waals surface area contributed by atoms with Gasteiger partial charge in [-0.05, 0) is 54.7 Å². The van der Waals surface area contributed by atoms with E-state index >= 15 is 0 Å². The van der Waals surface area contributed by atoms with Gasteiger partial charge in [0, 0.05) is 11.4 Å². The molecule has 0 aromatic heterocycles. The Balaban J connectivity index is 1.69. The molecule has 1 aliphatic rings. The monoisotopic (exact) mass is 268 g/mol. The average molecular weight is 268 g/mol. The van der Waals surface area contributed by atoms with Gasteiger partial charge in [-0.1, -0.05) is 36.4 Å². The molecule has 2 nitrogen and oxygen atoms in total. The molecule has 96 valence electrons. The molecule has 0 saturated heterocycles. The molecule has 2 aromatic rings. The summed E-state index contributed by atoms with van der Waals surface area (Å²) in [7, 11) is 0. The number of benzene rings is 2. The van der Waals surface area contributed by atoms with Gasteiger partial charge in [0.05, 0.1) is 0 Å². The average Bonchev–Trinajstić information content (AvgIpc) is 3.25. The Morgan fingerprint density at radius 1 is 0.895 bits per heavy atom. The maximum absolute atomic E-state index is 5.36. The van der Waals surface area contributed by atoms with Gasteiger partial charge in [-0.2, -0.15) is 0 Å². The standard InChI is InChI=1S/C16H16N2S/c19-16(17-13-6-2-1-3-7-13)18-15-9-5-4-8-14(15)12-10-11-12/h1-9,12H,10-11H2,(H2,17,18,19). The number of rotatable bonds is 3. The SMILES string of the molecule is S=C(Nc1ccccc1)Nc1ccccc1C1CC1. The first-order chi connectivity index (χ1) is 9.33. The maximum atomic E-state index is 5.36. The van der Waals surface area contributed by atoms with Crippen LogP contribution in [-0.2, 0) is 0 Å². The molecule has 0 amide bonds. The number of anilines is 2. The molecule has 2 aromatic carbocycles. The minimum Gasteiger partial charge on any atom is -0.332 e. The number of hydrogen-bond donors (Lipinski definition) is 2. The first-order valence-corrected chi connectivity index (χ1v) is 6.96. The Labute approximate surface area is 118 Å². The van der Waals surface area contributed by atoms with Crippen molar-refractivity contribution in [2.24, 2.45) is 0 Å². The van der Waals surface area contributed by atoms with Crippen LogP contribution >= 0.6 is 12.2 Å². The summed E-state index contributed by atoms with van der Waals surface area (Å²) >= 11 is 5.36. The minimum atomic E-state index is 0.638.